The molecular weight excluding hydrogens is 492 g/mol. The quantitative estimate of drug-likeness (QED) is 0.356. The summed E-state index contributed by atoms with van der Waals surface area (Å²) in [4.78, 5) is 24.0. The lowest BCUT2D eigenvalue weighted by atomic mass is 10.3. The fourth-order valence-corrected chi connectivity index (χ4v) is 4.32. The average Bonchev–Trinajstić information content (AvgIpc) is 3.34. The summed E-state index contributed by atoms with van der Waals surface area (Å²) in [6.45, 7) is 1.89. The first kappa shape index (κ1) is 22.3. The van der Waals surface area contributed by atoms with Crippen molar-refractivity contribution in [2.24, 2.45) is 7.05 Å². The lowest BCUT2D eigenvalue weighted by molar-refractivity contribution is -0.113. The van der Waals surface area contributed by atoms with E-state index in [4.69, 9.17) is 9.47 Å². The molecule has 0 bridgehead atoms. The minimum absolute atomic E-state index is 0.117. The number of rotatable bonds is 8. The molecular formula is C19H19BrN4O4S2. The van der Waals surface area contributed by atoms with Crippen molar-refractivity contribution in [2.75, 3.05) is 18.2 Å². The third kappa shape index (κ3) is 5.41. The number of nitrogens with zero attached hydrogens (tertiary/aromatic N) is 3. The Kier molecular flexibility index (Phi) is 7.51. The number of aromatic nitrogens is 3. The third-order valence-corrected chi connectivity index (χ3v) is 6.39. The number of hydrogen-bond acceptors (Lipinski definition) is 8. The van der Waals surface area contributed by atoms with Crippen LogP contribution in [0.15, 0.2) is 45.3 Å². The average molecular weight is 511 g/mol. The van der Waals surface area contributed by atoms with E-state index in [1.165, 1.54) is 30.2 Å². The van der Waals surface area contributed by atoms with E-state index in [1.54, 1.807) is 16.0 Å². The van der Waals surface area contributed by atoms with Crippen LogP contribution in [0.4, 0.5) is 5.00 Å². The summed E-state index contributed by atoms with van der Waals surface area (Å²) in [6, 6.07) is 9.14. The van der Waals surface area contributed by atoms with Gasteiger partial charge in [-0.2, -0.15) is 0 Å². The Hall–Kier alpha value is -2.37. The molecule has 0 radical (unpaired) electrons. The maximum Gasteiger partial charge on any atom is 0.340 e. The van der Waals surface area contributed by atoms with Gasteiger partial charge in [0, 0.05) is 11.5 Å². The second-order valence-corrected chi connectivity index (χ2v) is 8.88. The highest BCUT2D eigenvalue weighted by Crippen LogP contribution is 2.26. The molecule has 0 aliphatic carbocycles. The van der Waals surface area contributed by atoms with Crippen molar-refractivity contribution in [3.8, 4) is 5.75 Å². The van der Waals surface area contributed by atoms with Gasteiger partial charge in [0.1, 0.15) is 10.8 Å². The predicted octanol–water partition coefficient (Wildman–Crippen LogP) is 4.30. The molecule has 0 saturated heterocycles. The summed E-state index contributed by atoms with van der Waals surface area (Å²) in [5.41, 5.74) is 0.334. The second kappa shape index (κ2) is 10.1. The fraction of sp³-hybridized carbons (Fsp3) is 0.263. The van der Waals surface area contributed by atoms with Crippen molar-refractivity contribution in [3.05, 3.63) is 51.6 Å². The van der Waals surface area contributed by atoms with E-state index >= 15 is 0 Å². The van der Waals surface area contributed by atoms with Crippen LogP contribution in [0.3, 0.4) is 0 Å². The molecule has 158 valence electrons. The SMILES string of the molecule is COC(=O)c1ccsc1NC(=O)CSc1nnc(C(C)Oc2ccc(Br)cc2)n1C. The summed E-state index contributed by atoms with van der Waals surface area (Å²) in [6.07, 6.45) is -0.319. The van der Waals surface area contributed by atoms with Gasteiger partial charge in [-0.05, 0) is 42.6 Å². The van der Waals surface area contributed by atoms with Crippen LogP contribution < -0.4 is 10.1 Å². The molecule has 8 nitrogen and oxygen atoms in total. The first-order chi connectivity index (χ1) is 14.4. The van der Waals surface area contributed by atoms with Gasteiger partial charge in [-0.1, -0.05) is 27.7 Å². The Labute approximate surface area is 190 Å². The van der Waals surface area contributed by atoms with Gasteiger partial charge >= 0.3 is 5.97 Å². The summed E-state index contributed by atoms with van der Waals surface area (Å²) in [7, 11) is 3.13. The van der Waals surface area contributed by atoms with Gasteiger partial charge in [-0.25, -0.2) is 4.79 Å². The van der Waals surface area contributed by atoms with Crippen LogP contribution in [0.2, 0.25) is 0 Å². The van der Waals surface area contributed by atoms with Crippen LogP contribution >= 0.6 is 39.0 Å². The van der Waals surface area contributed by atoms with Gasteiger partial charge in [-0.3, -0.25) is 4.79 Å². The Morgan fingerprint density at radius 1 is 1.27 bits per heavy atom. The zero-order valence-corrected chi connectivity index (χ0v) is 19.6. The Morgan fingerprint density at radius 3 is 2.70 bits per heavy atom. The highest BCUT2D eigenvalue weighted by Gasteiger charge is 2.19. The Morgan fingerprint density at radius 2 is 2.00 bits per heavy atom. The number of nitrogens with one attached hydrogen (secondary N) is 1. The van der Waals surface area contributed by atoms with Crippen molar-refractivity contribution < 1.29 is 19.1 Å². The number of methoxy groups -OCH3 is 1. The van der Waals surface area contributed by atoms with Crippen molar-refractivity contribution >= 4 is 55.9 Å². The minimum Gasteiger partial charge on any atom is -0.483 e. The number of carbonyl (C=O) groups excluding carboxylic acids is 2. The highest BCUT2D eigenvalue weighted by molar-refractivity contribution is 9.10. The molecule has 1 aromatic carbocycles. The van der Waals surface area contributed by atoms with Crippen molar-refractivity contribution in [3.63, 3.8) is 0 Å². The predicted molar refractivity (Wildman–Crippen MR) is 119 cm³/mol. The van der Waals surface area contributed by atoms with E-state index in [-0.39, 0.29) is 17.8 Å². The van der Waals surface area contributed by atoms with Gasteiger partial charge in [0.2, 0.25) is 5.91 Å². The number of amides is 1. The van der Waals surface area contributed by atoms with Crippen molar-refractivity contribution in [1.82, 2.24) is 14.8 Å². The number of halogens is 1. The topological polar surface area (TPSA) is 95.3 Å². The molecule has 1 atom stereocenters. The molecule has 11 heteroatoms. The molecule has 0 spiro atoms. The maximum atomic E-state index is 12.3. The van der Waals surface area contributed by atoms with Crippen LogP contribution in [0.5, 0.6) is 5.75 Å². The first-order valence-corrected chi connectivity index (χ1v) is 11.4. The molecule has 30 heavy (non-hydrogen) atoms. The molecule has 1 amide bonds. The monoisotopic (exact) mass is 510 g/mol. The van der Waals surface area contributed by atoms with Gasteiger partial charge in [0.15, 0.2) is 17.1 Å². The van der Waals surface area contributed by atoms with E-state index in [1.807, 2.05) is 38.2 Å². The molecule has 2 heterocycles. The van der Waals surface area contributed by atoms with Gasteiger partial charge in [0.05, 0.1) is 18.4 Å². The molecule has 0 fully saturated rings. The second-order valence-electron chi connectivity index (χ2n) is 6.11. The van der Waals surface area contributed by atoms with Crippen LogP contribution in [-0.2, 0) is 16.6 Å². The number of carbonyl (C=O) groups is 2. The van der Waals surface area contributed by atoms with Crippen molar-refractivity contribution in [2.45, 2.75) is 18.2 Å². The first-order valence-electron chi connectivity index (χ1n) is 8.79. The largest absolute Gasteiger partial charge is 0.483 e. The number of hydrogen-bond donors (Lipinski definition) is 1. The van der Waals surface area contributed by atoms with E-state index < -0.39 is 5.97 Å². The third-order valence-electron chi connectivity index (χ3n) is 4.01. The number of ether oxygens (including phenoxy) is 2. The maximum absolute atomic E-state index is 12.3. The van der Waals surface area contributed by atoms with Crippen LogP contribution in [0, 0.1) is 0 Å². The molecule has 2 aromatic heterocycles. The summed E-state index contributed by atoms with van der Waals surface area (Å²) in [5.74, 6) is 0.742. The molecule has 3 rings (SSSR count). The number of benzene rings is 1. The van der Waals surface area contributed by atoms with Gasteiger partial charge in [0.25, 0.3) is 0 Å². The van der Waals surface area contributed by atoms with Crippen LogP contribution in [0.1, 0.15) is 29.2 Å². The van der Waals surface area contributed by atoms with Crippen LogP contribution in [-0.4, -0.2) is 39.5 Å². The summed E-state index contributed by atoms with van der Waals surface area (Å²) < 4.78 is 13.4. The number of thioether (sulfide) groups is 1. The van der Waals surface area contributed by atoms with E-state index in [2.05, 4.69) is 31.4 Å². The molecule has 0 aliphatic heterocycles. The van der Waals surface area contributed by atoms with Crippen LogP contribution in [0.25, 0.3) is 0 Å². The summed E-state index contributed by atoms with van der Waals surface area (Å²) >= 11 is 5.90. The molecule has 1 unspecified atom stereocenters. The van der Waals surface area contributed by atoms with E-state index in [0.717, 1.165) is 10.2 Å². The zero-order chi connectivity index (χ0) is 21.7. The minimum atomic E-state index is -0.489. The number of anilines is 1. The van der Waals surface area contributed by atoms with Gasteiger partial charge in [-0.15, -0.1) is 21.5 Å². The lowest BCUT2D eigenvalue weighted by Crippen LogP contribution is -2.16. The van der Waals surface area contributed by atoms with Gasteiger partial charge < -0.3 is 19.4 Å². The Bertz CT molecular complexity index is 1040. The van der Waals surface area contributed by atoms with E-state index in [9.17, 15) is 9.59 Å². The Balaban J connectivity index is 1.58. The number of esters is 1. The fourth-order valence-electron chi connectivity index (χ4n) is 2.55. The summed E-state index contributed by atoms with van der Waals surface area (Å²) in [5, 5.41) is 13.9. The smallest absolute Gasteiger partial charge is 0.340 e. The van der Waals surface area contributed by atoms with E-state index in [0.29, 0.717) is 21.5 Å². The lowest BCUT2D eigenvalue weighted by Gasteiger charge is -2.14. The van der Waals surface area contributed by atoms with Crippen molar-refractivity contribution in [1.29, 1.82) is 0 Å². The molecule has 0 aliphatic rings. The zero-order valence-electron chi connectivity index (χ0n) is 16.4. The molecule has 0 saturated carbocycles. The highest BCUT2D eigenvalue weighted by atomic mass is 79.9. The molecule has 3 aromatic rings. The standard InChI is InChI=1S/C19H19BrN4O4S2/c1-11(28-13-6-4-12(20)5-7-13)16-22-23-19(24(16)2)30-10-15(25)21-17-14(8-9-29-17)18(26)27-3/h4-9,11H,10H2,1-3H3,(H,21,25). The molecule has 1 N–H and O–H groups in total. The number of thiophene rings is 1. The normalized spacial score (nSPS) is 11.7.